The van der Waals surface area contributed by atoms with Crippen molar-refractivity contribution in [2.75, 3.05) is 11.9 Å². The Morgan fingerprint density at radius 2 is 2.05 bits per heavy atom. The maximum absolute atomic E-state index is 12.2. The summed E-state index contributed by atoms with van der Waals surface area (Å²) in [5.41, 5.74) is 6.29. The summed E-state index contributed by atoms with van der Waals surface area (Å²) in [6.07, 6.45) is 0. The Morgan fingerprint density at radius 1 is 1.35 bits per heavy atom. The van der Waals surface area contributed by atoms with Gasteiger partial charge in [-0.1, -0.05) is 12.1 Å². The lowest BCUT2D eigenvalue weighted by Crippen LogP contribution is -2.37. The van der Waals surface area contributed by atoms with E-state index in [1.165, 1.54) is 0 Å². The number of carbonyl (C=O) groups excluding carboxylic acids is 1. The van der Waals surface area contributed by atoms with E-state index >= 15 is 0 Å². The molecule has 0 unspecified atom stereocenters. The largest absolute Gasteiger partial charge is 0.421 e. The zero-order valence-electron chi connectivity index (χ0n) is 11.8. The predicted octanol–water partition coefficient (Wildman–Crippen LogP) is 1.97. The summed E-state index contributed by atoms with van der Waals surface area (Å²) in [4.78, 5) is 12.2. The third kappa shape index (κ3) is 2.85. The van der Waals surface area contributed by atoms with Gasteiger partial charge < -0.3 is 15.5 Å². The number of hydrogen-bond donors (Lipinski definition) is 2. The van der Waals surface area contributed by atoms with Crippen LogP contribution in [0.4, 0.5) is 5.69 Å². The smallest absolute Gasteiger partial charge is 0.249 e. The van der Waals surface area contributed by atoms with Gasteiger partial charge in [-0.15, -0.1) is 10.2 Å². The molecule has 0 saturated carbocycles. The van der Waals surface area contributed by atoms with Crippen LogP contribution in [-0.2, 0) is 4.79 Å². The molecule has 0 fully saturated rings. The number of nitrogens with two attached hydrogens (primary N) is 1. The van der Waals surface area contributed by atoms with Crippen molar-refractivity contribution < 1.29 is 9.21 Å². The van der Waals surface area contributed by atoms with Crippen LogP contribution in [0.5, 0.6) is 0 Å². The molecule has 1 amide bonds. The lowest BCUT2D eigenvalue weighted by Gasteiger charge is -2.21. The van der Waals surface area contributed by atoms with Crippen molar-refractivity contribution in [2.24, 2.45) is 11.1 Å². The van der Waals surface area contributed by atoms with Gasteiger partial charge in [0, 0.05) is 13.5 Å². The molecule has 0 saturated heterocycles. The van der Waals surface area contributed by atoms with Gasteiger partial charge in [0.05, 0.1) is 16.7 Å². The number of carbonyl (C=O) groups is 1. The molecular weight excluding hydrogens is 256 g/mol. The minimum Gasteiger partial charge on any atom is -0.421 e. The fourth-order valence-corrected chi connectivity index (χ4v) is 1.57. The van der Waals surface area contributed by atoms with Gasteiger partial charge in [0.15, 0.2) is 0 Å². The molecule has 2 aromatic rings. The van der Waals surface area contributed by atoms with E-state index in [9.17, 15) is 4.79 Å². The second-order valence-corrected chi connectivity index (χ2v) is 5.21. The van der Waals surface area contributed by atoms with Crippen LogP contribution in [0.2, 0.25) is 0 Å². The van der Waals surface area contributed by atoms with Crippen LogP contribution in [0.1, 0.15) is 19.7 Å². The molecule has 0 bridgehead atoms. The highest BCUT2D eigenvalue weighted by Crippen LogP contribution is 2.28. The number of anilines is 1. The summed E-state index contributed by atoms with van der Waals surface area (Å²) in [5.74, 6) is 0.705. The van der Waals surface area contributed by atoms with Crippen LogP contribution >= 0.6 is 0 Å². The molecule has 20 heavy (non-hydrogen) atoms. The van der Waals surface area contributed by atoms with Crippen LogP contribution in [-0.4, -0.2) is 22.6 Å². The first-order chi connectivity index (χ1) is 9.44. The summed E-state index contributed by atoms with van der Waals surface area (Å²) in [6.45, 7) is 5.57. The standard InChI is InChI=1S/C14H18N4O2/c1-9-17-18-12(20-9)10-6-4-5-7-11(10)16-13(19)14(2,3)8-15/h4-7H,8,15H2,1-3H3,(H,16,19). The van der Waals surface area contributed by atoms with E-state index in [0.717, 1.165) is 0 Å². The lowest BCUT2D eigenvalue weighted by atomic mass is 9.92. The number of hydrogen-bond acceptors (Lipinski definition) is 5. The van der Waals surface area contributed by atoms with Crippen molar-refractivity contribution in [3.63, 3.8) is 0 Å². The minimum absolute atomic E-state index is 0.149. The second-order valence-electron chi connectivity index (χ2n) is 5.21. The molecule has 0 atom stereocenters. The Hall–Kier alpha value is -2.21. The summed E-state index contributed by atoms with van der Waals surface area (Å²) < 4.78 is 5.41. The SMILES string of the molecule is Cc1nnc(-c2ccccc2NC(=O)C(C)(C)CN)o1. The van der Waals surface area contributed by atoms with Crippen molar-refractivity contribution in [3.05, 3.63) is 30.2 Å². The molecule has 0 spiro atoms. The maximum Gasteiger partial charge on any atom is 0.249 e. The van der Waals surface area contributed by atoms with E-state index in [1.807, 2.05) is 18.2 Å². The molecule has 1 aromatic carbocycles. The third-order valence-corrected chi connectivity index (χ3v) is 3.06. The highest BCUT2D eigenvalue weighted by molar-refractivity contribution is 5.97. The third-order valence-electron chi connectivity index (χ3n) is 3.06. The van der Waals surface area contributed by atoms with Crippen molar-refractivity contribution in [1.82, 2.24) is 10.2 Å². The second kappa shape index (κ2) is 5.42. The summed E-state index contributed by atoms with van der Waals surface area (Å²) in [5, 5.41) is 10.6. The van der Waals surface area contributed by atoms with Crippen LogP contribution in [0.15, 0.2) is 28.7 Å². The van der Waals surface area contributed by atoms with Gasteiger partial charge in [-0.05, 0) is 26.0 Å². The summed E-state index contributed by atoms with van der Waals surface area (Å²) in [6, 6.07) is 7.29. The Kier molecular flexibility index (Phi) is 3.85. The number of nitrogens with zero attached hydrogens (tertiary/aromatic N) is 2. The number of rotatable bonds is 4. The Balaban J connectivity index is 2.32. The molecule has 2 rings (SSSR count). The molecule has 1 heterocycles. The predicted molar refractivity (Wildman–Crippen MR) is 75.9 cm³/mol. The van der Waals surface area contributed by atoms with Crippen molar-refractivity contribution >= 4 is 11.6 Å². The highest BCUT2D eigenvalue weighted by atomic mass is 16.4. The molecule has 0 aliphatic carbocycles. The van der Waals surface area contributed by atoms with E-state index in [0.29, 0.717) is 23.0 Å². The Morgan fingerprint density at radius 3 is 2.65 bits per heavy atom. The Bertz CT molecular complexity index is 619. The highest BCUT2D eigenvalue weighted by Gasteiger charge is 2.26. The van der Waals surface area contributed by atoms with Gasteiger partial charge in [-0.2, -0.15) is 0 Å². The normalized spacial score (nSPS) is 11.4. The van der Waals surface area contributed by atoms with Gasteiger partial charge in [-0.3, -0.25) is 4.79 Å². The quantitative estimate of drug-likeness (QED) is 0.888. The topological polar surface area (TPSA) is 94.0 Å². The fraction of sp³-hybridized carbons (Fsp3) is 0.357. The van der Waals surface area contributed by atoms with Gasteiger partial charge >= 0.3 is 0 Å². The lowest BCUT2D eigenvalue weighted by molar-refractivity contribution is -0.123. The van der Waals surface area contributed by atoms with Crippen LogP contribution < -0.4 is 11.1 Å². The Labute approximate surface area is 117 Å². The molecular formula is C14H18N4O2. The molecule has 0 radical (unpaired) electrons. The molecule has 6 heteroatoms. The van der Waals surface area contributed by atoms with Gasteiger partial charge in [0.25, 0.3) is 0 Å². The monoisotopic (exact) mass is 274 g/mol. The van der Waals surface area contributed by atoms with E-state index in [1.54, 1.807) is 26.8 Å². The molecule has 6 nitrogen and oxygen atoms in total. The average Bonchev–Trinajstić information content (AvgIpc) is 2.85. The van der Waals surface area contributed by atoms with E-state index < -0.39 is 5.41 Å². The van der Waals surface area contributed by atoms with Gasteiger partial charge in [0.1, 0.15) is 0 Å². The molecule has 3 N–H and O–H groups in total. The van der Waals surface area contributed by atoms with Crippen molar-refractivity contribution in [3.8, 4) is 11.5 Å². The fourth-order valence-electron chi connectivity index (χ4n) is 1.57. The maximum atomic E-state index is 12.2. The minimum atomic E-state index is -0.641. The zero-order chi connectivity index (χ0) is 14.8. The summed E-state index contributed by atoms with van der Waals surface area (Å²) in [7, 11) is 0. The van der Waals surface area contributed by atoms with Gasteiger partial charge in [-0.25, -0.2) is 0 Å². The van der Waals surface area contributed by atoms with Gasteiger partial charge in [0.2, 0.25) is 17.7 Å². The number of para-hydroxylation sites is 1. The molecule has 0 aliphatic heterocycles. The molecule has 1 aromatic heterocycles. The zero-order valence-corrected chi connectivity index (χ0v) is 11.8. The average molecular weight is 274 g/mol. The van der Waals surface area contributed by atoms with E-state index in [2.05, 4.69) is 15.5 Å². The summed E-state index contributed by atoms with van der Waals surface area (Å²) >= 11 is 0. The van der Waals surface area contributed by atoms with Crippen molar-refractivity contribution in [2.45, 2.75) is 20.8 Å². The molecule has 0 aliphatic rings. The number of aryl methyl sites for hydroxylation is 1. The number of amides is 1. The van der Waals surface area contributed by atoms with Crippen molar-refractivity contribution in [1.29, 1.82) is 0 Å². The molecule has 106 valence electrons. The van der Waals surface area contributed by atoms with E-state index in [-0.39, 0.29) is 12.5 Å². The van der Waals surface area contributed by atoms with Crippen LogP contribution in [0.25, 0.3) is 11.5 Å². The van der Waals surface area contributed by atoms with Crippen LogP contribution in [0.3, 0.4) is 0 Å². The van der Waals surface area contributed by atoms with Crippen LogP contribution in [0, 0.1) is 12.3 Å². The number of nitrogens with one attached hydrogen (secondary N) is 1. The van der Waals surface area contributed by atoms with E-state index in [4.69, 9.17) is 10.2 Å². The first-order valence-corrected chi connectivity index (χ1v) is 6.35. The first kappa shape index (κ1) is 14.2. The first-order valence-electron chi connectivity index (χ1n) is 6.35. The number of benzene rings is 1. The number of aromatic nitrogens is 2.